The third kappa shape index (κ3) is 3.98. The molecular weight excluding hydrogens is 214 g/mol. The predicted molar refractivity (Wildman–Crippen MR) is 72.0 cm³/mol. The molecular formula is C13H21N3O. The van der Waals surface area contributed by atoms with E-state index in [-0.39, 0.29) is 0 Å². The molecule has 0 bridgehead atoms. The molecule has 5 N–H and O–H groups in total. The van der Waals surface area contributed by atoms with Gasteiger partial charge in [-0.05, 0) is 31.5 Å². The van der Waals surface area contributed by atoms with Gasteiger partial charge in [-0.25, -0.2) is 0 Å². The first kappa shape index (κ1) is 13.4. The van der Waals surface area contributed by atoms with Crippen molar-refractivity contribution in [1.29, 1.82) is 0 Å². The van der Waals surface area contributed by atoms with Crippen LogP contribution in [-0.2, 0) is 0 Å². The Morgan fingerprint density at radius 2 is 2.18 bits per heavy atom. The zero-order valence-corrected chi connectivity index (χ0v) is 10.5. The van der Waals surface area contributed by atoms with E-state index < -0.39 is 5.91 Å². The second kappa shape index (κ2) is 6.13. The lowest BCUT2D eigenvalue weighted by Crippen LogP contribution is -2.20. The minimum absolute atomic E-state index is 0.316. The molecule has 1 aromatic carbocycles. The molecule has 0 aliphatic rings. The highest BCUT2D eigenvalue weighted by Gasteiger charge is 2.10. The average molecular weight is 235 g/mol. The quantitative estimate of drug-likeness (QED) is 0.662. The summed E-state index contributed by atoms with van der Waals surface area (Å²) >= 11 is 0. The molecule has 94 valence electrons. The summed E-state index contributed by atoms with van der Waals surface area (Å²) in [6.45, 7) is 4.25. The molecule has 17 heavy (non-hydrogen) atoms. The number of amides is 1. The number of benzene rings is 1. The van der Waals surface area contributed by atoms with Crippen LogP contribution in [0.15, 0.2) is 18.2 Å². The average Bonchev–Trinajstić information content (AvgIpc) is 2.28. The van der Waals surface area contributed by atoms with Crippen LogP contribution in [-0.4, -0.2) is 11.9 Å². The summed E-state index contributed by atoms with van der Waals surface area (Å²) in [7, 11) is 0. The van der Waals surface area contributed by atoms with Crippen LogP contribution in [0.4, 0.5) is 11.4 Å². The van der Waals surface area contributed by atoms with Gasteiger partial charge in [0.25, 0.3) is 5.91 Å². The van der Waals surface area contributed by atoms with Gasteiger partial charge in [-0.3, -0.25) is 4.79 Å². The largest absolute Gasteiger partial charge is 0.399 e. The van der Waals surface area contributed by atoms with Gasteiger partial charge in [0.15, 0.2) is 0 Å². The van der Waals surface area contributed by atoms with E-state index in [1.165, 1.54) is 0 Å². The van der Waals surface area contributed by atoms with Crippen LogP contribution in [0.25, 0.3) is 0 Å². The molecule has 1 rings (SSSR count). The minimum atomic E-state index is -0.456. The maximum atomic E-state index is 11.3. The van der Waals surface area contributed by atoms with Crippen LogP contribution in [0.3, 0.4) is 0 Å². The van der Waals surface area contributed by atoms with Crippen molar-refractivity contribution in [3.8, 4) is 0 Å². The number of carbonyl (C=O) groups is 1. The van der Waals surface area contributed by atoms with Crippen molar-refractivity contribution in [1.82, 2.24) is 0 Å². The molecule has 0 radical (unpaired) electrons. The van der Waals surface area contributed by atoms with E-state index in [1.54, 1.807) is 18.2 Å². The zero-order chi connectivity index (χ0) is 12.8. The van der Waals surface area contributed by atoms with Gasteiger partial charge in [0.2, 0.25) is 0 Å². The summed E-state index contributed by atoms with van der Waals surface area (Å²) in [5, 5.41) is 3.30. The summed E-state index contributed by atoms with van der Waals surface area (Å²) in [4.78, 5) is 11.3. The Labute approximate surface area is 102 Å². The van der Waals surface area contributed by atoms with Crippen molar-refractivity contribution in [3.63, 3.8) is 0 Å². The monoisotopic (exact) mass is 235 g/mol. The van der Waals surface area contributed by atoms with Crippen LogP contribution in [0.2, 0.25) is 0 Å². The highest BCUT2D eigenvalue weighted by molar-refractivity contribution is 5.99. The number of hydrogen-bond acceptors (Lipinski definition) is 3. The number of hydrogen-bond donors (Lipinski definition) is 3. The maximum Gasteiger partial charge on any atom is 0.250 e. The third-order valence-corrected chi connectivity index (χ3v) is 2.70. The lowest BCUT2D eigenvalue weighted by Gasteiger charge is -2.17. The Balaban J connectivity index is 2.79. The molecule has 0 fully saturated rings. The normalized spacial score (nSPS) is 12.1. The Kier molecular flexibility index (Phi) is 4.82. The zero-order valence-electron chi connectivity index (χ0n) is 10.5. The summed E-state index contributed by atoms with van der Waals surface area (Å²) in [5.41, 5.74) is 12.7. The number of nitrogens with one attached hydrogen (secondary N) is 1. The van der Waals surface area contributed by atoms with E-state index >= 15 is 0 Å². The minimum Gasteiger partial charge on any atom is -0.399 e. The fourth-order valence-corrected chi connectivity index (χ4v) is 1.74. The molecule has 0 spiro atoms. The van der Waals surface area contributed by atoms with Crippen molar-refractivity contribution in [2.45, 2.75) is 39.2 Å². The topological polar surface area (TPSA) is 81.1 Å². The first-order valence-corrected chi connectivity index (χ1v) is 6.00. The highest BCUT2D eigenvalue weighted by Crippen LogP contribution is 2.20. The fraction of sp³-hybridized carbons (Fsp3) is 0.462. The standard InChI is InChI=1S/C13H21N3O/c1-3-4-5-9(2)16-12-7-6-10(14)8-11(12)13(15)17/h6-9,16H,3-5,14H2,1-2H3,(H2,15,17). The molecule has 0 aliphatic carbocycles. The van der Waals surface area contributed by atoms with Crippen LogP contribution >= 0.6 is 0 Å². The van der Waals surface area contributed by atoms with Crippen LogP contribution in [0, 0.1) is 0 Å². The molecule has 4 nitrogen and oxygen atoms in total. The number of primary amides is 1. The van der Waals surface area contributed by atoms with E-state index in [0.29, 0.717) is 17.3 Å². The van der Waals surface area contributed by atoms with E-state index in [4.69, 9.17) is 11.5 Å². The highest BCUT2D eigenvalue weighted by atomic mass is 16.1. The molecule has 1 atom stereocenters. The second-order valence-corrected chi connectivity index (χ2v) is 4.36. The molecule has 0 saturated heterocycles. The van der Waals surface area contributed by atoms with Crippen LogP contribution in [0.5, 0.6) is 0 Å². The Morgan fingerprint density at radius 1 is 1.47 bits per heavy atom. The molecule has 0 heterocycles. The Hall–Kier alpha value is -1.71. The number of nitrogen functional groups attached to an aromatic ring is 1. The van der Waals surface area contributed by atoms with Crippen molar-refractivity contribution < 1.29 is 4.79 Å². The fourth-order valence-electron chi connectivity index (χ4n) is 1.74. The lowest BCUT2D eigenvalue weighted by atomic mass is 10.1. The number of unbranched alkanes of at least 4 members (excludes halogenated alkanes) is 1. The maximum absolute atomic E-state index is 11.3. The smallest absolute Gasteiger partial charge is 0.250 e. The molecule has 0 saturated carbocycles. The molecule has 4 heteroatoms. The molecule has 0 aromatic heterocycles. The van der Waals surface area contributed by atoms with Crippen LogP contribution in [0.1, 0.15) is 43.5 Å². The van der Waals surface area contributed by atoms with Gasteiger partial charge in [-0.2, -0.15) is 0 Å². The second-order valence-electron chi connectivity index (χ2n) is 4.36. The van der Waals surface area contributed by atoms with Gasteiger partial charge in [-0.1, -0.05) is 19.8 Å². The number of rotatable bonds is 6. The van der Waals surface area contributed by atoms with Crippen molar-refractivity contribution >= 4 is 17.3 Å². The first-order chi connectivity index (χ1) is 8.04. The van der Waals surface area contributed by atoms with E-state index in [2.05, 4.69) is 19.2 Å². The van der Waals surface area contributed by atoms with E-state index in [0.717, 1.165) is 24.9 Å². The van der Waals surface area contributed by atoms with Crippen molar-refractivity contribution in [2.75, 3.05) is 11.1 Å². The summed E-state index contributed by atoms with van der Waals surface area (Å²) in [6.07, 6.45) is 3.39. The molecule has 0 aliphatic heterocycles. The van der Waals surface area contributed by atoms with Gasteiger partial charge in [0.1, 0.15) is 0 Å². The predicted octanol–water partition coefficient (Wildman–Crippen LogP) is 2.36. The van der Waals surface area contributed by atoms with E-state index in [1.807, 2.05) is 0 Å². The van der Waals surface area contributed by atoms with Crippen LogP contribution < -0.4 is 16.8 Å². The summed E-state index contributed by atoms with van der Waals surface area (Å²) in [6, 6.07) is 5.49. The summed E-state index contributed by atoms with van der Waals surface area (Å²) < 4.78 is 0. The van der Waals surface area contributed by atoms with E-state index in [9.17, 15) is 4.79 Å². The molecule has 1 unspecified atom stereocenters. The number of anilines is 2. The van der Waals surface area contributed by atoms with Crippen molar-refractivity contribution in [3.05, 3.63) is 23.8 Å². The van der Waals surface area contributed by atoms with Gasteiger partial charge in [0.05, 0.1) is 5.56 Å². The Morgan fingerprint density at radius 3 is 2.76 bits per heavy atom. The lowest BCUT2D eigenvalue weighted by molar-refractivity contribution is 0.100. The summed E-state index contributed by atoms with van der Waals surface area (Å²) in [5.74, 6) is -0.456. The van der Waals surface area contributed by atoms with Gasteiger partial charge in [0, 0.05) is 17.4 Å². The van der Waals surface area contributed by atoms with Gasteiger partial charge < -0.3 is 16.8 Å². The van der Waals surface area contributed by atoms with Gasteiger partial charge in [-0.15, -0.1) is 0 Å². The van der Waals surface area contributed by atoms with Crippen molar-refractivity contribution in [2.24, 2.45) is 5.73 Å². The molecule has 1 amide bonds. The van der Waals surface area contributed by atoms with Gasteiger partial charge >= 0.3 is 0 Å². The molecule has 1 aromatic rings. The number of carbonyl (C=O) groups excluding carboxylic acids is 1. The first-order valence-electron chi connectivity index (χ1n) is 6.00. The Bertz CT molecular complexity index is 390. The SMILES string of the molecule is CCCCC(C)Nc1ccc(N)cc1C(N)=O. The number of nitrogens with two attached hydrogens (primary N) is 2. The third-order valence-electron chi connectivity index (χ3n) is 2.70.